The van der Waals surface area contributed by atoms with Gasteiger partial charge in [-0.3, -0.25) is 0 Å². The summed E-state index contributed by atoms with van der Waals surface area (Å²) in [6.45, 7) is 2.19. The van der Waals surface area contributed by atoms with Gasteiger partial charge in [-0.1, -0.05) is 17.7 Å². The summed E-state index contributed by atoms with van der Waals surface area (Å²) in [5, 5.41) is 9.66. The number of sulfonamides is 1. The van der Waals surface area contributed by atoms with E-state index in [0.29, 0.717) is 30.0 Å². The molecule has 1 aromatic rings. The summed E-state index contributed by atoms with van der Waals surface area (Å²) in [7, 11) is -1.94. The highest BCUT2D eigenvalue weighted by Gasteiger charge is 2.32. The number of nitrogens with zero attached hydrogens (tertiary/aromatic N) is 1. The van der Waals surface area contributed by atoms with E-state index in [1.165, 1.54) is 10.4 Å². The van der Waals surface area contributed by atoms with E-state index in [0.717, 1.165) is 0 Å². The Bertz CT molecular complexity index is 567. The zero-order valence-corrected chi connectivity index (χ0v) is 12.6. The molecule has 0 unspecified atom stereocenters. The third-order valence-corrected chi connectivity index (χ3v) is 5.76. The van der Waals surface area contributed by atoms with Crippen LogP contribution >= 0.6 is 11.6 Å². The number of aliphatic hydroxyl groups is 1. The Kier molecular flexibility index (Phi) is 4.20. The molecule has 0 heterocycles. The van der Waals surface area contributed by atoms with Gasteiger partial charge in [0.05, 0.1) is 11.0 Å². The molecule has 0 aromatic heterocycles. The maximum absolute atomic E-state index is 12.5. The van der Waals surface area contributed by atoms with Crippen LogP contribution in [0.1, 0.15) is 18.4 Å². The van der Waals surface area contributed by atoms with Gasteiger partial charge < -0.3 is 5.11 Å². The van der Waals surface area contributed by atoms with E-state index in [-0.39, 0.29) is 16.9 Å². The minimum absolute atomic E-state index is 0.245. The second kappa shape index (κ2) is 5.40. The summed E-state index contributed by atoms with van der Waals surface area (Å²) < 4.78 is 26.3. The van der Waals surface area contributed by atoms with Gasteiger partial charge in [-0.25, -0.2) is 12.7 Å². The molecule has 0 radical (unpaired) electrons. The monoisotopic (exact) mass is 303 g/mol. The minimum atomic E-state index is -3.51. The van der Waals surface area contributed by atoms with Crippen LogP contribution in [0.5, 0.6) is 0 Å². The zero-order chi connectivity index (χ0) is 14.2. The van der Waals surface area contributed by atoms with Crippen molar-refractivity contribution < 1.29 is 13.5 Å². The van der Waals surface area contributed by atoms with E-state index >= 15 is 0 Å². The normalized spacial score (nSPS) is 23.4. The second-order valence-corrected chi connectivity index (χ2v) is 7.64. The van der Waals surface area contributed by atoms with Crippen molar-refractivity contribution >= 4 is 21.6 Å². The van der Waals surface area contributed by atoms with Crippen LogP contribution in [0.15, 0.2) is 23.1 Å². The molecule has 2 rings (SSSR count). The number of hydrogen-bond acceptors (Lipinski definition) is 3. The Hall–Kier alpha value is -0.620. The molecule has 1 fully saturated rings. The lowest BCUT2D eigenvalue weighted by atomic mass is 9.82. The molecular weight excluding hydrogens is 286 g/mol. The van der Waals surface area contributed by atoms with Crippen molar-refractivity contribution in [3.63, 3.8) is 0 Å². The van der Waals surface area contributed by atoms with Gasteiger partial charge in [-0.05, 0) is 43.4 Å². The van der Waals surface area contributed by atoms with Gasteiger partial charge in [0, 0.05) is 18.6 Å². The number of aliphatic hydroxyl groups excluding tert-OH is 1. The van der Waals surface area contributed by atoms with Crippen molar-refractivity contribution in [3.8, 4) is 0 Å². The molecule has 1 aliphatic rings. The molecule has 0 spiro atoms. The number of rotatable bonds is 4. The molecule has 106 valence electrons. The number of benzene rings is 1. The standard InChI is InChI=1S/C13H18ClNO3S/c1-9-3-4-11(14)7-13(9)19(17,18)15(2)8-10-5-12(16)6-10/h3-4,7,10,12,16H,5-6,8H2,1-2H3. The quantitative estimate of drug-likeness (QED) is 0.926. The molecule has 1 N–H and O–H groups in total. The fourth-order valence-electron chi connectivity index (χ4n) is 2.33. The van der Waals surface area contributed by atoms with Crippen LogP contribution in [0.3, 0.4) is 0 Å². The molecule has 4 nitrogen and oxygen atoms in total. The highest BCUT2D eigenvalue weighted by molar-refractivity contribution is 7.89. The van der Waals surface area contributed by atoms with Gasteiger partial charge in [0.1, 0.15) is 0 Å². The second-order valence-electron chi connectivity index (χ2n) is 5.19. The van der Waals surface area contributed by atoms with Gasteiger partial charge in [0.25, 0.3) is 0 Å². The lowest BCUT2D eigenvalue weighted by Gasteiger charge is -2.34. The Morgan fingerprint density at radius 2 is 2.05 bits per heavy atom. The van der Waals surface area contributed by atoms with Crippen molar-refractivity contribution in [2.75, 3.05) is 13.6 Å². The van der Waals surface area contributed by atoms with Crippen molar-refractivity contribution in [2.45, 2.75) is 30.8 Å². The van der Waals surface area contributed by atoms with Crippen molar-refractivity contribution in [3.05, 3.63) is 28.8 Å². The van der Waals surface area contributed by atoms with Crippen molar-refractivity contribution in [1.82, 2.24) is 4.31 Å². The topological polar surface area (TPSA) is 57.6 Å². The van der Waals surface area contributed by atoms with E-state index in [1.54, 1.807) is 26.1 Å². The Morgan fingerprint density at radius 1 is 1.42 bits per heavy atom. The number of halogens is 1. The first kappa shape index (κ1) is 14.8. The average Bonchev–Trinajstić information content (AvgIpc) is 2.30. The first-order valence-electron chi connectivity index (χ1n) is 6.21. The van der Waals surface area contributed by atoms with Gasteiger partial charge in [-0.2, -0.15) is 0 Å². The predicted octanol–water partition coefficient (Wildman–Crippen LogP) is 2.04. The predicted molar refractivity (Wildman–Crippen MR) is 74.7 cm³/mol. The van der Waals surface area contributed by atoms with Crippen LogP contribution in [-0.2, 0) is 10.0 Å². The molecule has 0 aliphatic heterocycles. The molecule has 6 heteroatoms. The first-order valence-corrected chi connectivity index (χ1v) is 8.03. The summed E-state index contributed by atoms with van der Waals surface area (Å²) in [5.41, 5.74) is 0.685. The first-order chi connectivity index (χ1) is 8.80. The van der Waals surface area contributed by atoms with E-state index < -0.39 is 10.0 Å². The third-order valence-electron chi connectivity index (χ3n) is 3.56. The Labute approximate surface area is 119 Å². The van der Waals surface area contributed by atoms with Crippen molar-refractivity contribution in [2.24, 2.45) is 5.92 Å². The van der Waals surface area contributed by atoms with Gasteiger partial charge in [-0.15, -0.1) is 0 Å². The molecule has 1 aliphatic carbocycles. The zero-order valence-electron chi connectivity index (χ0n) is 11.0. The summed E-state index contributed by atoms with van der Waals surface area (Å²) in [5.74, 6) is 0.245. The van der Waals surface area contributed by atoms with Crippen LogP contribution in [0.4, 0.5) is 0 Å². The van der Waals surface area contributed by atoms with E-state index in [4.69, 9.17) is 11.6 Å². The highest BCUT2D eigenvalue weighted by atomic mass is 35.5. The average molecular weight is 304 g/mol. The highest BCUT2D eigenvalue weighted by Crippen LogP contribution is 2.30. The van der Waals surface area contributed by atoms with Gasteiger partial charge >= 0.3 is 0 Å². The van der Waals surface area contributed by atoms with Gasteiger partial charge in [0.15, 0.2) is 0 Å². The third kappa shape index (κ3) is 3.11. The van der Waals surface area contributed by atoms with Crippen LogP contribution in [0.25, 0.3) is 0 Å². The molecule has 0 saturated heterocycles. The van der Waals surface area contributed by atoms with E-state index in [9.17, 15) is 13.5 Å². The van der Waals surface area contributed by atoms with E-state index in [2.05, 4.69) is 0 Å². The number of aryl methyl sites for hydroxylation is 1. The summed E-state index contributed by atoms with van der Waals surface area (Å²) in [4.78, 5) is 0.252. The molecule has 1 aromatic carbocycles. The fourth-order valence-corrected chi connectivity index (χ4v) is 4.06. The molecule has 0 bridgehead atoms. The lowest BCUT2D eigenvalue weighted by molar-refractivity contribution is 0.0367. The summed E-state index contributed by atoms with van der Waals surface area (Å²) in [6, 6.07) is 4.87. The number of hydrogen-bond donors (Lipinski definition) is 1. The fraction of sp³-hybridized carbons (Fsp3) is 0.538. The van der Waals surface area contributed by atoms with Crippen LogP contribution < -0.4 is 0 Å². The van der Waals surface area contributed by atoms with E-state index in [1.807, 2.05) is 0 Å². The molecule has 0 atom stereocenters. The summed E-state index contributed by atoms with van der Waals surface area (Å²) >= 11 is 5.87. The molecule has 1 saturated carbocycles. The molecular formula is C13H18ClNO3S. The molecule has 0 amide bonds. The SMILES string of the molecule is Cc1ccc(Cl)cc1S(=O)(=O)N(C)CC1CC(O)C1. The maximum Gasteiger partial charge on any atom is 0.243 e. The minimum Gasteiger partial charge on any atom is -0.393 e. The van der Waals surface area contributed by atoms with Crippen LogP contribution in [0, 0.1) is 12.8 Å². The smallest absolute Gasteiger partial charge is 0.243 e. The Morgan fingerprint density at radius 3 is 2.63 bits per heavy atom. The largest absolute Gasteiger partial charge is 0.393 e. The molecule has 19 heavy (non-hydrogen) atoms. The Balaban J connectivity index is 2.19. The lowest BCUT2D eigenvalue weighted by Crippen LogP contribution is -2.39. The summed E-state index contributed by atoms with van der Waals surface area (Å²) in [6.07, 6.45) is 1.08. The van der Waals surface area contributed by atoms with Crippen molar-refractivity contribution in [1.29, 1.82) is 0 Å². The maximum atomic E-state index is 12.5. The van der Waals surface area contributed by atoms with Gasteiger partial charge in [0.2, 0.25) is 10.0 Å². The van der Waals surface area contributed by atoms with Crippen LogP contribution in [-0.4, -0.2) is 37.5 Å². The van der Waals surface area contributed by atoms with Crippen LogP contribution in [0.2, 0.25) is 5.02 Å².